The molecule has 2 aromatic rings. The Balaban J connectivity index is 1.43. The maximum Gasteiger partial charge on any atom is 0.254 e. The molecule has 25 heavy (non-hydrogen) atoms. The van der Waals surface area contributed by atoms with E-state index >= 15 is 0 Å². The first-order valence-corrected chi connectivity index (χ1v) is 8.58. The van der Waals surface area contributed by atoms with Crippen LogP contribution in [0.1, 0.15) is 28.8 Å². The van der Waals surface area contributed by atoms with E-state index in [-0.39, 0.29) is 11.1 Å². The van der Waals surface area contributed by atoms with Gasteiger partial charge in [-0.1, -0.05) is 30.3 Å². The standard InChI is InChI=1S/C20H20F2N2O/c21-16-6-7-18(22)17(8-16)19(25)23-13-20-9-15(10-20)12-24(20)11-14-4-2-1-3-5-14/h1-8,15H,9-13H2,(H,23,25). The number of fused-ring (bicyclic) bond motifs is 1. The van der Waals surface area contributed by atoms with E-state index in [0.29, 0.717) is 12.5 Å². The Morgan fingerprint density at radius 2 is 1.92 bits per heavy atom. The van der Waals surface area contributed by atoms with Crippen molar-refractivity contribution < 1.29 is 13.6 Å². The highest BCUT2D eigenvalue weighted by molar-refractivity contribution is 5.94. The van der Waals surface area contributed by atoms with Crippen molar-refractivity contribution in [2.75, 3.05) is 13.1 Å². The van der Waals surface area contributed by atoms with Crippen LogP contribution in [0.3, 0.4) is 0 Å². The molecule has 2 aromatic carbocycles. The topological polar surface area (TPSA) is 32.3 Å². The lowest BCUT2D eigenvalue weighted by Crippen LogP contribution is -2.53. The van der Waals surface area contributed by atoms with Gasteiger partial charge in [0.05, 0.1) is 5.56 Å². The highest BCUT2D eigenvalue weighted by Crippen LogP contribution is 2.50. The maximum absolute atomic E-state index is 13.8. The number of halogens is 2. The molecule has 1 saturated carbocycles. The van der Waals surface area contributed by atoms with Gasteiger partial charge in [0, 0.05) is 25.2 Å². The average molecular weight is 342 g/mol. The van der Waals surface area contributed by atoms with Gasteiger partial charge in [0.1, 0.15) is 11.6 Å². The quantitative estimate of drug-likeness (QED) is 0.904. The molecule has 0 radical (unpaired) electrons. The van der Waals surface area contributed by atoms with Gasteiger partial charge in [-0.05, 0) is 42.5 Å². The van der Waals surface area contributed by atoms with Gasteiger partial charge in [-0.25, -0.2) is 8.78 Å². The second-order valence-electron chi connectivity index (χ2n) is 7.17. The van der Waals surface area contributed by atoms with Crippen LogP contribution in [0.25, 0.3) is 0 Å². The molecule has 3 fully saturated rings. The molecule has 2 aliphatic heterocycles. The second kappa shape index (κ2) is 6.23. The zero-order valence-corrected chi connectivity index (χ0v) is 13.8. The third-order valence-electron chi connectivity index (χ3n) is 5.45. The fraction of sp³-hybridized carbons (Fsp3) is 0.350. The number of nitrogens with one attached hydrogen (secondary N) is 1. The van der Waals surface area contributed by atoms with Crippen LogP contribution >= 0.6 is 0 Å². The van der Waals surface area contributed by atoms with Crippen LogP contribution in [-0.2, 0) is 6.54 Å². The first kappa shape index (κ1) is 16.2. The molecule has 2 bridgehead atoms. The Hall–Kier alpha value is -2.27. The number of rotatable bonds is 5. The molecule has 1 amide bonds. The van der Waals surface area contributed by atoms with Gasteiger partial charge in [0.2, 0.25) is 0 Å². The summed E-state index contributed by atoms with van der Waals surface area (Å²) < 4.78 is 27.0. The average Bonchev–Trinajstić information content (AvgIpc) is 3.09. The molecule has 1 aliphatic carbocycles. The fourth-order valence-corrected chi connectivity index (χ4v) is 4.21. The van der Waals surface area contributed by atoms with Crippen molar-refractivity contribution in [3.8, 4) is 0 Å². The van der Waals surface area contributed by atoms with E-state index in [0.717, 1.165) is 44.1 Å². The number of benzene rings is 2. The molecule has 130 valence electrons. The van der Waals surface area contributed by atoms with Gasteiger partial charge >= 0.3 is 0 Å². The van der Waals surface area contributed by atoms with E-state index in [1.54, 1.807) is 0 Å². The molecule has 0 atom stereocenters. The molecule has 3 nitrogen and oxygen atoms in total. The van der Waals surface area contributed by atoms with Crippen molar-refractivity contribution in [3.05, 3.63) is 71.3 Å². The summed E-state index contributed by atoms with van der Waals surface area (Å²) in [6.07, 6.45) is 2.09. The van der Waals surface area contributed by atoms with E-state index in [1.165, 1.54) is 5.56 Å². The fourth-order valence-electron chi connectivity index (χ4n) is 4.21. The van der Waals surface area contributed by atoms with Crippen LogP contribution in [0, 0.1) is 17.6 Å². The van der Waals surface area contributed by atoms with Gasteiger partial charge in [0.25, 0.3) is 5.91 Å². The molecule has 2 saturated heterocycles. The minimum Gasteiger partial charge on any atom is -0.350 e. The third kappa shape index (κ3) is 3.04. The van der Waals surface area contributed by atoms with Gasteiger partial charge in [-0.15, -0.1) is 0 Å². The molecule has 5 heteroatoms. The van der Waals surface area contributed by atoms with Crippen LogP contribution in [0.4, 0.5) is 8.78 Å². The van der Waals surface area contributed by atoms with Crippen molar-refractivity contribution in [2.24, 2.45) is 5.92 Å². The van der Waals surface area contributed by atoms with E-state index in [9.17, 15) is 13.6 Å². The Morgan fingerprint density at radius 1 is 1.16 bits per heavy atom. The molecule has 0 spiro atoms. The van der Waals surface area contributed by atoms with Gasteiger partial charge in [0.15, 0.2) is 0 Å². The van der Waals surface area contributed by atoms with Crippen LogP contribution < -0.4 is 5.32 Å². The number of nitrogens with zero attached hydrogens (tertiary/aromatic N) is 1. The summed E-state index contributed by atoms with van der Waals surface area (Å²) in [5, 5.41) is 2.82. The number of carbonyl (C=O) groups excluding carboxylic acids is 1. The number of carbonyl (C=O) groups is 1. The maximum atomic E-state index is 13.8. The minimum atomic E-state index is -0.699. The van der Waals surface area contributed by atoms with E-state index < -0.39 is 17.5 Å². The van der Waals surface area contributed by atoms with Crippen molar-refractivity contribution >= 4 is 5.91 Å². The number of hydrogen-bond acceptors (Lipinski definition) is 2. The first-order valence-electron chi connectivity index (χ1n) is 8.58. The van der Waals surface area contributed by atoms with Crippen LogP contribution in [-0.4, -0.2) is 29.4 Å². The normalized spacial score (nSPS) is 24.8. The number of amides is 1. The van der Waals surface area contributed by atoms with Crippen LogP contribution in [0.2, 0.25) is 0 Å². The Labute approximate surface area is 145 Å². The molecule has 5 rings (SSSR count). The number of hydrogen-bond donors (Lipinski definition) is 1. The van der Waals surface area contributed by atoms with Crippen LogP contribution in [0.5, 0.6) is 0 Å². The SMILES string of the molecule is O=C(NCC12CC(CN1Cc1ccccc1)C2)c1cc(F)ccc1F. The van der Waals surface area contributed by atoms with E-state index in [1.807, 2.05) is 18.2 Å². The van der Waals surface area contributed by atoms with Crippen molar-refractivity contribution in [1.82, 2.24) is 10.2 Å². The molecule has 0 unspecified atom stereocenters. The lowest BCUT2D eigenvalue weighted by molar-refractivity contribution is 0.0795. The molecule has 3 aliphatic rings. The Kier molecular flexibility index (Phi) is 4.04. The zero-order valence-electron chi connectivity index (χ0n) is 13.8. The van der Waals surface area contributed by atoms with Gasteiger partial charge < -0.3 is 5.32 Å². The molecular weight excluding hydrogens is 322 g/mol. The molecule has 0 aromatic heterocycles. The Morgan fingerprint density at radius 3 is 2.68 bits per heavy atom. The van der Waals surface area contributed by atoms with Gasteiger partial charge in [-0.2, -0.15) is 0 Å². The third-order valence-corrected chi connectivity index (χ3v) is 5.45. The summed E-state index contributed by atoms with van der Waals surface area (Å²) in [7, 11) is 0. The largest absolute Gasteiger partial charge is 0.350 e. The van der Waals surface area contributed by atoms with Crippen molar-refractivity contribution in [1.29, 1.82) is 0 Å². The highest BCUT2D eigenvalue weighted by atomic mass is 19.1. The predicted octanol–water partition coefficient (Wildman–Crippen LogP) is 3.36. The zero-order chi connectivity index (χ0) is 17.4. The van der Waals surface area contributed by atoms with E-state index in [2.05, 4.69) is 22.3 Å². The van der Waals surface area contributed by atoms with Crippen LogP contribution in [0.15, 0.2) is 48.5 Å². The van der Waals surface area contributed by atoms with Gasteiger partial charge in [-0.3, -0.25) is 9.69 Å². The summed E-state index contributed by atoms with van der Waals surface area (Å²) in [4.78, 5) is 14.7. The molecule has 1 N–H and O–H groups in total. The minimum absolute atomic E-state index is 0.0556. The monoisotopic (exact) mass is 342 g/mol. The van der Waals surface area contributed by atoms with E-state index in [4.69, 9.17) is 0 Å². The lowest BCUT2D eigenvalue weighted by Gasteiger charge is -2.42. The summed E-state index contributed by atoms with van der Waals surface area (Å²) >= 11 is 0. The lowest BCUT2D eigenvalue weighted by atomic mass is 9.73. The predicted molar refractivity (Wildman–Crippen MR) is 91.0 cm³/mol. The highest BCUT2D eigenvalue weighted by Gasteiger charge is 2.55. The Bertz CT molecular complexity index is 788. The summed E-state index contributed by atoms with van der Waals surface area (Å²) in [6.45, 7) is 2.34. The molecule has 2 heterocycles. The molecular formula is C20H20F2N2O. The van der Waals surface area contributed by atoms with Crippen molar-refractivity contribution in [3.63, 3.8) is 0 Å². The second-order valence-corrected chi connectivity index (χ2v) is 7.17. The van der Waals surface area contributed by atoms with Crippen molar-refractivity contribution in [2.45, 2.75) is 24.9 Å². The first-order chi connectivity index (χ1) is 12.1. The summed E-state index contributed by atoms with van der Waals surface area (Å²) in [5.74, 6) is -1.19. The smallest absolute Gasteiger partial charge is 0.254 e. The summed E-state index contributed by atoms with van der Waals surface area (Å²) in [5.41, 5.74) is 0.955. The summed E-state index contributed by atoms with van der Waals surface area (Å²) in [6, 6.07) is 13.2.